The van der Waals surface area contributed by atoms with Gasteiger partial charge in [-0.05, 0) is 11.6 Å². The Kier molecular flexibility index (Phi) is 3.96. The van der Waals surface area contributed by atoms with Gasteiger partial charge < -0.3 is 10.7 Å². The molecule has 0 saturated carbocycles. The van der Waals surface area contributed by atoms with Crippen LogP contribution in [0.4, 0.5) is 5.95 Å². The fourth-order valence-corrected chi connectivity index (χ4v) is 2.08. The molecule has 0 bridgehead atoms. The monoisotopic (exact) mass is 311 g/mol. The summed E-state index contributed by atoms with van der Waals surface area (Å²) < 4.78 is 1.36. The molecular formula is C12H11Cl2N5O. The SMILES string of the molecule is Cl.Nc1nc2nc[nH]c2c(=O)n1Cc1ccccc1Cl. The van der Waals surface area contributed by atoms with Gasteiger partial charge in [0, 0.05) is 5.02 Å². The van der Waals surface area contributed by atoms with Crippen LogP contribution in [0.2, 0.25) is 5.02 Å². The molecule has 3 rings (SSSR count). The standard InChI is InChI=1S/C12H10ClN5O.ClH/c13-8-4-2-1-3-7(8)5-18-11(19)9-10(16-6-15-9)17-12(18)14;/h1-4,6H,5H2,(H2,14,17)(H,15,16);1H. The zero-order valence-electron chi connectivity index (χ0n) is 10.2. The number of halogens is 2. The number of benzene rings is 1. The van der Waals surface area contributed by atoms with Crippen molar-refractivity contribution in [2.45, 2.75) is 6.54 Å². The van der Waals surface area contributed by atoms with Crippen LogP contribution in [0.25, 0.3) is 11.2 Å². The first-order valence-electron chi connectivity index (χ1n) is 5.59. The molecule has 104 valence electrons. The largest absolute Gasteiger partial charge is 0.369 e. The Hall–Kier alpha value is -2.05. The summed E-state index contributed by atoms with van der Waals surface area (Å²) in [4.78, 5) is 23.0. The van der Waals surface area contributed by atoms with E-state index in [1.165, 1.54) is 10.9 Å². The van der Waals surface area contributed by atoms with Gasteiger partial charge in [-0.1, -0.05) is 29.8 Å². The highest BCUT2D eigenvalue weighted by molar-refractivity contribution is 6.31. The normalized spacial score (nSPS) is 10.4. The van der Waals surface area contributed by atoms with Gasteiger partial charge in [0.2, 0.25) is 5.95 Å². The van der Waals surface area contributed by atoms with Crippen molar-refractivity contribution in [3.05, 3.63) is 51.5 Å². The van der Waals surface area contributed by atoms with Crippen molar-refractivity contribution in [2.75, 3.05) is 5.73 Å². The smallest absolute Gasteiger partial charge is 0.281 e. The van der Waals surface area contributed by atoms with Crippen LogP contribution in [0, 0.1) is 0 Å². The molecule has 2 heterocycles. The van der Waals surface area contributed by atoms with E-state index in [2.05, 4.69) is 15.0 Å². The summed E-state index contributed by atoms with van der Waals surface area (Å²) in [5.74, 6) is 0.115. The van der Waals surface area contributed by atoms with Crippen molar-refractivity contribution in [2.24, 2.45) is 0 Å². The summed E-state index contributed by atoms with van der Waals surface area (Å²) in [5.41, 5.74) is 6.99. The van der Waals surface area contributed by atoms with Gasteiger partial charge in [-0.25, -0.2) is 4.98 Å². The van der Waals surface area contributed by atoms with Crippen molar-refractivity contribution in [3.63, 3.8) is 0 Å². The van der Waals surface area contributed by atoms with Crippen LogP contribution in [0.3, 0.4) is 0 Å². The van der Waals surface area contributed by atoms with E-state index >= 15 is 0 Å². The third-order valence-corrected chi connectivity index (χ3v) is 3.23. The molecule has 0 saturated heterocycles. The Morgan fingerprint density at radius 3 is 2.85 bits per heavy atom. The Labute approximate surface area is 125 Å². The van der Waals surface area contributed by atoms with Crippen LogP contribution in [0.15, 0.2) is 35.4 Å². The second-order valence-corrected chi connectivity index (χ2v) is 4.46. The van der Waals surface area contributed by atoms with Gasteiger partial charge in [0.25, 0.3) is 5.56 Å². The zero-order chi connectivity index (χ0) is 13.4. The molecule has 0 radical (unpaired) electrons. The number of anilines is 1. The number of hydrogen-bond donors (Lipinski definition) is 2. The summed E-state index contributed by atoms with van der Waals surface area (Å²) in [6.45, 7) is 0.270. The first-order valence-corrected chi connectivity index (χ1v) is 5.97. The highest BCUT2D eigenvalue weighted by atomic mass is 35.5. The van der Waals surface area contributed by atoms with Crippen molar-refractivity contribution < 1.29 is 0 Å². The Balaban J connectivity index is 0.00000147. The average molecular weight is 312 g/mol. The molecule has 2 aromatic heterocycles. The topological polar surface area (TPSA) is 89.6 Å². The highest BCUT2D eigenvalue weighted by Gasteiger charge is 2.11. The molecule has 0 atom stereocenters. The lowest BCUT2D eigenvalue weighted by atomic mass is 10.2. The molecule has 1 aromatic carbocycles. The van der Waals surface area contributed by atoms with Gasteiger partial charge >= 0.3 is 0 Å². The van der Waals surface area contributed by atoms with E-state index in [0.717, 1.165) is 5.56 Å². The number of fused-ring (bicyclic) bond motifs is 1. The fourth-order valence-electron chi connectivity index (χ4n) is 1.89. The molecule has 8 heteroatoms. The van der Waals surface area contributed by atoms with Crippen molar-refractivity contribution in [3.8, 4) is 0 Å². The van der Waals surface area contributed by atoms with E-state index < -0.39 is 0 Å². The van der Waals surface area contributed by atoms with Gasteiger partial charge in [0.1, 0.15) is 0 Å². The molecule has 0 fully saturated rings. The van der Waals surface area contributed by atoms with Crippen molar-refractivity contribution in [1.29, 1.82) is 0 Å². The summed E-state index contributed by atoms with van der Waals surface area (Å²) in [6.07, 6.45) is 1.42. The summed E-state index contributed by atoms with van der Waals surface area (Å²) in [6, 6.07) is 7.28. The Morgan fingerprint density at radius 1 is 1.35 bits per heavy atom. The number of nitrogens with one attached hydrogen (secondary N) is 1. The van der Waals surface area contributed by atoms with E-state index in [4.69, 9.17) is 17.3 Å². The lowest BCUT2D eigenvalue weighted by molar-refractivity contribution is 0.762. The number of H-pyrrole nitrogens is 1. The summed E-state index contributed by atoms with van der Waals surface area (Å²) in [5, 5.41) is 0.582. The zero-order valence-corrected chi connectivity index (χ0v) is 11.8. The third kappa shape index (κ3) is 2.35. The second-order valence-electron chi connectivity index (χ2n) is 4.05. The molecule has 6 nitrogen and oxygen atoms in total. The number of aromatic nitrogens is 4. The number of hydrogen-bond acceptors (Lipinski definition) is 4. The summed E-state index contributed by atoms with van der Waals surface area (Å²) in [7, 11) is 0. The van der Waals surface area contributed by atoms with E-state index in [1.54, 1.807) is 6.07 Å². The second kappa shape index (κ2) is 5.52. The predicted octanol–water partition coefficient (Wildman–Crippen LogP) is 1.83. The molecule has 0 aliphatic rings. The maximum Gasteiger partial charge on any atom is 0.281 e. The molecule has 0 unspecified atom stereocenters. The maximum absolute atomic E-state index is 12.3. The molecule has 3 N–H and O–H groups in total. The lowest BCUT2D eigenvalue weighted by Gasteiger charge is -2.09. The van der Waals surface area contributed by atoms with Crippen molar-refractivity contribution in [1.82, 2.24) is 19.5 Å². The molecule has 0 aliphatic carbocycles. The number of imidazole rings is 1. The average Bonchev–Trinajstić information content (AvgIpc) is 2.84. The van der Waals surface area contributed by atoms with E-state index in [0.29, 0.717) is 16.2 Å². The van der Waals surface area contributed by atoms with Crippen LogP contribution in [0.1, 0.15) is 5.56 Å². The number of nitrogen functional groups attached to an aromatic ring is 1. The Morgan fingerprint density at radius 2 is 2.10 bits per heavy atom. The molecule has 3 aromatic rings. The number of nitrogens with two attached hydrogens (primary N) is 1. The highest BCUT2D eigenvalue weighted by Crippen LogP contribution is 2.16. The van der Waals surface area contributed by atoms with Gasteiger partial charge in [-0.3, -0.25) is 9.36 Å². The minimum Gasteiger partial charge on any atom is -0.369 e. The fraction of sp³-hybridized carbons (Fsp3) is 0.0833. The first-order chi connectivity index (χ1) is 9.16. The number of nitrogens with zero attached hydrogens (tertiary/aromatic N) is 3. The first kappa shape index (κ1) is 14.4. The van der Waals surface area contributed by atoms with Crippen molar-refractivity contribution >= 4 is 41.1 Å². The van der Waals surface area contributed by atoms with Gasteiger partial charge in [0.05, 0.1) is 12.9 Å². The van der Waals surface area contributed by atoms with Crippen LogP contribution in [0.5, 0.6) is 0 Å². The van der Waals surface area contributed by atoms with Crippen LogP contribution < -0.4 is 11.3 Å². The molecular weight excluding hydrogens is 301 g/mol. The quantitative estimate of drug-likeness (QED) is 0.755. The molecule has 20 heavy (non-hydrogen) atoms. The number of aromatic amines is 1. The van der Waals surface area contributed by atoms with Gasteiger partial charge in [-0.15, -0.1) is 12.4 Å². The molecule has 0 spiro atoms. The minimum atomic E-state index is -0.264. The predicted molar refractivity (Wildman–Crippen MR) is 80.4 cm³/mol. The third-order valence-electron chi connectivity index (χ3n) is 2.86. The van der Waals surface area contributed by atoms with Gasteiger partial charge in [0.15, 0.2) is 11.2 Å². The maximum atomic E-state index is 12.3. The van der Waals surface area contributed by atoms with E-state index in [9.17, 15) is 4.79 Å². The van der Waals surface area contributed by atoms with E-state index in [-0.39, 0.29) is 30.5 Å². The molecule has 0 aliphatic heterocycles. The lowest BCUT2D eigenvalue weighted by Crippen LogP contribution is -2.25. The summed E-state index contributed by atoms with van der Waals surface area (Å²) >= 11 is 6.08. The minimum absolute atomic E-state index is 0. The van der Waals surface area contributed by atoms with E-state index in [1.807, 2.05) is 18.2 Å². The van der Waals surface area contributed by atoms with Crippen LogP contribution in [-0.2, 0) is 6.54 Å². The van der Waals surface area contributed by atoms with Crippen LogP contribution in [-0.4, -0.2) is 19.5 Å². The molecule has 0 amide bonds. The van der Waals surface area contributed by atoms with Gasteiger partial charge in [-0.2, -0.15) is 4.98 Å². The number of rotatable bonds is 2. The Bertz CT molecular complexity index is 811. The van der Waals surface area contributed by atoms with Crippen LogP contribution >= 0.6 is 24.0 Å².